The normalized spacial score (nSPS) is 17.4. The number of aromatic nitrogens is 1. The van der Waals surface area contributed by atoms with Gasteiger partial charge in [0.2, 0.25) is 0 Å². The highest BCUT2D eigenvalue weighted by molar-refractivity contribution is 5.85. The van der Waals surface area contributed by atoms with Crippen molar-refractivity contribution < 1.29 is 4.74 Å². The van der Waals surface area contributed by atoms with E-state index in [-0.39, 0.29) is 18.5 Å². The number of nitrogens with zero attached hydrogens (tertiary/aromatic N) is 1. The summed E-state index contributed by atoms with van der Waals surface area (Å²) in [5.41, 5.74) is 10.8. The van der Waals surface area contributed by atoms with Crippen molar-refractivity contribution in [2.45, 2.75) is 12.5 Å². The number of rotatable bonds is 2. The minimum absolute atomic E-state index is 0. The van der Waals surface area contributed by atoms with Crippen LogP contribution in [0.25, 0.3) is 11.1 Å². The van der Waals surface area contributed by atoms with Crippen LogP contribution in [0, 0.1) is 0 Å². The molecule has 1 aliphatic heterocycles. The van der Waals surface area contributed by atoms with Gasteiger partial charge in [0, 0.05) is 24.5 Å². The largest absolute Gasteiger partial charge is 0.372 e. The maximum Gasteiger partial charge on any atom is 0.0950 e. The minimum Gasteiger partial charge on any atom is -0.372 e. The molecule has 3 nitrogen and oxygen atoms in total. The van der Waals surface area contributed by atoms with Gasteiger partial charge in [-0.25, -0.2) is 0 Å². The van der Waals surface area contributed by atoms with E-state index in [1.807, 2.05) is 12.3 Å². The van der Waals surface area contributed by atoms with Crippen LogP contribution < -0.4 is 5.73 Å². The number of pyridine rings is 1. The van der Waals surface area contributed by atoms with Gasteiger partial charge in [-0.15, -0.1) is 12.4 Å². The van der Waals surface area contributed by atoms with Crippen LogP contribution in [-0.2, 0) is 11.2 Å². The van der Waals surface area contributed by atoms with E-state index in [0.717, 1.165) is 18.6 Å². The zero-order valence-corrected chi connectivity index (χ0v) is 11.4. The third-order valence-electron chi connectivity index (χ3n) is 3.42. The van der Waals surface area contributed by atoms with Gasteiger partial charge in [-0.3, -0.25) is 4.98 Å². The molecule has 3 rings (SSSR count). The van der Waals surface area contributed by atoms with Gasteiger partial charge in [-0.2, -0.15) is 0 Å². The third kappa shape index (κ3) is 2.63. The molecular formula is C15H17ClN2O. The van der Waals surface area contributed by atoms with Crippen molar-refractivity contribution >= 4 is 12.4 Å². The summed E-state index contributed by atoms with van der Waals surface area (Å²) < 4.78 is 5.70. The molecule has 1 atom stereocenters. The fourth-order valence-electron chi connectivity index (χ4n) is 2.57. The summed E-state index contributed by atoms with van der Waals surface area (Å²) in [7, 11) is 0. The highest BCUT2D eigenvalue weighted by atomic mass is 35.5. The Morgan fingerprint density at radius 2 is 2.16 bits per heavy atom. The zero-order chi connectivity index (χ0) is 12.4. The van der Waals surface area contributed by atoms with E-state index in [1.54, 1.807) is 6.20 Å². The van der Waals surface area contributed by atoms with Crippen molar-refractivity contribution in [3.8, 4) is 11.1 Å². The van der Waals surface area contributed by atoms with E-state index in [2.05, 4.69) is 29.2 Å². The Bertz CT molecular complexity index is 545. The molecule has 1 aromatic heterocycles. The van der Waals surface area contributed by atoms with Gasteiger partial charge < -0.3 is 10.5 Å². The lowest BCUT2D eigenvalue weighted by molar-refractivity contribution is 0.0486. The van der Waals surface area contributed by atoms with Crippen LogP contribution in [0.3, 0.4) is 0 Å². The molecule has 2 N–H and O–H groups in total. The lowest BCUT2D eigenvalue weighted by atomic mass is 9.90. The molecule has 0 radical (unpaired) electrons. The minimum atomic E-state index is 0. The van der Waals surface area contributed by atoms with E-state index in [0.29, 0.717) is 6.54 Å². The number of halogens is 1. The topological polar surface area (TPSA) is 48.1 Å². The summed E-state index contributed by atoms with van der Waals surface area (Å²) in [5, 5.41) is 0. The number of ether oxygens (including phenoxy) is 1. The zero-order valence-electron chi connectivity index (χ0n) is 10.6. The summed E-state index contributed by atoms with van der Waals surface area (Å²) >= 11 is 0. The van der Waals surface area contributed by atoms with Crippen LogP contribution in [0.2, 0.25) is 0 Å². The molecule has 0 unspecified atom stereocenters. The molecule has 2 heterocycles. The van der Waals surface area contributed by atoms with Gasteiger partial charge in [-0.1, -0.05) is 24.3 Å². The Balaban J connectivity index is 0.00000133. The Morgan fingerprint density at radius 1 is 1.26 bits per heavy atom. The maximum absolute atomic E-state index is 5.77. The number of fused-ring (bicyclic) bond motifs is 1. The number of benzene rings is 1. The van der Waals surface area contributed by atoms with Crippen LogP contribution in [0.15, 0.2) is 42.7 Å². The summed E-state index contributed by atoms with van der Waals surface area (Å²) in [6.45, 7) is 1.27. The molecule has 0 aliphatic carbocycles. The molecule has 0 bridgehead atoms. The molecule has 0 saturated heterocycles. The van der Waals surface area contributed by atoms with Gasteiger partial charge in [0.1, 0.15) is 0 Å². The van der Waals surface area contributed by atoms with Gasteiger partial charge >= 0.3 is 0 Å². The standard InChI is InChI=1S/C15H16N2O.ClH/c16-9-15-14-5-1-4-12(13(14)6-8-18-15)11-3-2-7-17-10-11;/h1-5,7,10,15H,6,8-9,16H2;1H/t15-;/m1./s1. The van der Waals surface area contributed by atoms with Crippen molar-refractivity contribution in [2.24, 2.45) is 5.73 Å². The second-order valence-corrected chi connectivity index (χ2v) is 4.46. The van der Waals surface area contributed by atoms with Gasteiger partial charge in [-0.05, 0) is 29.2 Å². The van der Waals surface area contributed by atoms with Crippen LogP contribution in [-0.4, -0.2) is 18.1 Å². The van der Waals surface area contributed by atoms with Gasteiger partial charge in [0.15, 0.2) is 0 Å². The predicted molar refractivity (Wildman–Crippen MR) is 78.4 cm³/mol. The Kier molecular flexibility index (Phi) is 4.53. The fraction of sp³-hybridized carbons (Fsp3) is 0.267. The van der Waals surface area contributed by atoms with Crippen LogP contribution >= 0.6 is 12.4 Å². The van der Waals surface area contributed by atoms with E-state index < -0.39 is 0 Å². The molecular weight excluding hydrogens is 260 g/mol. The third-order valence-corrected chi connectivity index (χ3v) is 3.42. The van der Waals surface area contributed by atoms with E-state index >= 15 is 0 Å². The molecule has 0 fully saturated rings. The van der Waals surface area contributed by atoms with Crippen molar-refractivity contribution in [2.75, 3.05) is 13.2 Å². The number of hydrogen-bond donors (Lipinski definition) is 1. The van der Waals surface area contributed by atoms with Gasteiger partial charge in [0.25, 0.3) is 0 Å². The quantitative estimate of drug-likeness (QED) is 0.917. The van der Waals surface area contributed by atoms with Crippen molar-refractivity contribution in [1.29, 1.82) is 0 Å². The highest BCUT2D eigenvalue weighted by Crippen LogP contribution is 2.33. The first-order valence-corrected chi connectivity index (χ1v) is 6.24. The molecule has 100 valence electrons. The molecule has 0 amide bonds. The van der Waals surface area contributed by atoms with Crippen molar-refractivity contribution in [1.82, 2.24) is 4.98 Å². The SMILES string of the molecule is Cl.NC[C@H]1OCCc2c(-c3cccnc3)cccc21. The van der Waals surface area contributed by atoms with E-state index in [4.69, 9.17) is 10.5 Å². The molecule has 1 aliphatic rings. The van der Waals surface area contributed by atoms with Crippen LogP contribution in [0.5, 0.6) is 0 Å². The Labute approximate surface area is 119 Å². The Hall–Kier alpha value is -1.42. The summed E-state index contributed by atoms with van der Waals surface area (Å²) in [5.74, 6) is 0. The predicted octanol–water partition coefficient (Wildman–Crippen LogP) is 2.74. The first-order valence-electron chi connectivity index (χ1n) is 6.24. The van der Waals surface area contributed by atoms with Gasteiger partial charge in [0.05, 0.1) is 12.7 Å². The second-order valence-electron chi connectivity index (χ2n) is 4.46. The van der Waals surface area contributed by atoms with Crippen molar-refractivity contribution in [3.63, 3.8) is 0 Å². The number of hydrogen-bond acceptors (Lipinski definition) is 3. The lowest BCUT2D eigenvalue weighted by Gasteiger charge is -2.27. The average Bonchev–Trinajstić information content (AvgIpc) is 2.47. The first-order chi connectivity index (χ1) is 8.90. The molecule has 19 heavy (non-hydrogen) atoms. The second kappa shape index (κ2) is 6.15. The van der Waals surface area contributed by atoms with Crippen LogP contribution in [0.1, 0.15) is 17.2 Å². The maximum atomic E-state index is 5.77. The monoisotopic (exact) mass is 276 g/mol. The Morgan fingerprint density at radius 3 is 2.89 bits per heavy atom. The van der Waals surface area contributed by atoms with Crippen molar-refractivity contribution in [3.05, 3.63) is 53.9 Å². The first kappa shape index (κ1) is 14.0. The fourth-order valence-corrected chi connectivity index (χ4v) is 2.57. The average molecular weight is 277 g/mol. The smallest absolute Gasteiger partial charge is 0.0950 e. The van der Waals surface area contributed by atoms with Crippen LogP contribution in [0.4, 0.5) is 0 Å². The highest BCUT2D eigenvalue weighted by Gasteiger charge is 2.21. The van der Waals surface area contributed by atoms with E-state index in [1.165, 1.54) is 16.7 Å². The molecule has 0 saturated carbocycles. The summed E-state index contributed by atoms with van der Waals surface area (Å²) in [6.07, 6.45) is 4.68. The molecule has 0 spiro atoms. The summed E-state index contributed by atoms with van der Waals surface area (Å²) in [6, 6.07) is 10.4. The number of nitrogens with two attached hydrogens (primary N) is 1. The van der Waals surface area contributed by atoms with E-state index in [9.17, 15) is 0 Å². The lowest BCUT2D eigenvalue weighted by Crippen LogP contribution is -2.23. The molecule has 1 aromatic carbocycles. The summed E-state index contributed by atoms with van der Waals surface area (Å²) in [4.78, 5) is 4.19. The molecule has 4 heteroatoms. The molecule has 2 aromatic rings.